The normalized spacial score (nSPS) is 17.8. The molecule has 3 aliphatic rings. The summed E-state index contributed by atoms with van der Waals surface area (Å²) in [6, 6.07) is 25.6. The SMILES string of the molecule is CCOP(=O)(C=C1CCN(CC[C@H](CSc2ccccc2)Nc2ccc(S(=O)(=O)NC(=O)c3ccc(N4CCN(CC5=C(c6ccc(Cl)cc6)CCC(C)(C)C5)CC4)cc3)cc2S(=O)(=O)C(F)(F)F)CC1)OCC. The Bertz CT molecular complexity index is 2900. The second-order valence-electron chi connectivity index (χ2n) is 19.5. The van der Waals surface area contributed by atoms with Gasteiger partial charge < -0.3 is 24.2 Å². The fraction of sp³-hybridized carbons (Fsp3) is 0.453. The van der Waals surface area contributed by atoms with E-state index >= 15 is 0 Å². The molecule has 2 N–H and O–H groups in total. The van der Waals surface area contributed by atoms with Crippen LogP contribution in [0.5, 0.6) is 0 Å². The number of rotatable bonds is 21. The molecule has 2 saturated heterocycles. The standard InChI is InChI=1S/C53H66ClF3N5O8PS3/c1-5-69-71(64,70-6-2)37-39-23-27-60(28-24-39)29-25-44(38-72-46-10-8-7-9-11-46)58-49-21-20-47(34-50(49)73(65,66)53(55,56)57)74(67,68)59-51(63)41-14-18-45(19-15-41)62-32-30-61(31-33-62)36-42-35-52(3,4)26-22-48(42)40-12-16-43(54)17-13-40/h7-21,34,37,44,58H,5-6,22-33,35-36,38H2,1-4H3,(H,59,63)/t44-/m1/s1. The van der Waals surface area contributed by atoms with E-state index in [1.807, 2.05) is 47.2 Å². The van der Waals surface area contributed by atoms with Gasteiger partial charge in [0.2, 0.25) is 0 Å². The van der Waals surface area contributed by atoms with E-state index in [2.05, 4.69) is 46.0 Å². The first-order chi connectivity index (χ1) is 35.1. The molecule has 4 aromatic rings. The minimum atomic E-state index is -6.12. The highest BCUT2D eigenvalue weighted by Crippen LogP contribution is 2.51. The number of sulfonamides is 1. The molecule has 13 nitrogen and oxygen atoms in total. The Kier molecular flexibility index (Phi) is 19.3. The van der Waals surface area contributed by atoms with Crippen molar-refractivity contribution in [1.29, 1.82) is 0 Å². The van der Waals surface area contributed by atoms with Gasteiger partial charge in [0.1, 0.15) is 4.90 Å². The number of thioether (sulfide) groups is 1. The molecule has 1 aliphatic carbocycles. The van der Waals surface area contributed by atoms with Crippen LogP contribution >= 0.6 is 31.0 Å². The maximum absolute atomic E-state index is 14.4. The number of alkyl halides is 3. The molecule has 1 atom stereocenters. The number of hydrogen-bond donors (Lipinski definition) is 2. The Labute approximate surface area is 443 Å². The lowest BCUT2D eigenvalue weighted by molar-refractivity contribution is -0.0436. The number of nitrogens with one attached hydrogen (secondary N) is 2. The van der Waals surface area contributed by atoms with E-state index in [0.717, 1.165) is 80.3 Å². The molecule has 74 heavy (non-hydrogen) atoms. The second kappa shape index (κ2) is 24.9. The number of nitrogens with zero attached hydrogens (tertiary/aromatic N) is 3. The van der Waals surface area contributed by atoms with Crippen LogP contribution in [0.3, 0.4) is 0 Å². The Hall–Kier alpha value is -4.17. The van der Waals surface area contributed by atoms with Crippen LogP contribution < -0.4 is 14.9 Å². The van der Waals surface area contributed by atoms with Gasteiger partial charge in [-0.2, -0.15) is 13.2 Å². The molecule has 0 aromatic heterocycles. The lowest BCUT2D eigenvalue weighted by Gasteiger charge is -2.39. The number of piperazine rings is 1. The number of allylic oxidation sites excluding steroid dienone is 1. The third kappa shape index (κ3) is 15.3. The summed E-state index contributed by atoms with van der Waals surface area (Å²) in [5.41, 5.74) is -0.224. The zero-order valence-electron chi connectivity index (χ0n) is 42.2. The van der Waals surface area contributed by atoms with Crippen molar-refractivity contribution in [2.24, 2.45) is 5.41 Å². The van der Waals surface area contributed by atoms with Crippen LogP contribution in [0.1, 0.15) is 82.1 Å². The van der Waals surface area contributed by atoms with E-state index in [1.54, 1.807) is 31.8 Å². The first-order valence-electron chi connectivity index (χ1n) is 24.9. The maximum atomic E-state index is 14.4. The molecule has 0 unspecified atom stereocenters. The molecule has 402 valence electrons. The van der Waals surface area contributed by atoms with E-state index in [1.165, 1.54) is 40.6 Å². The fourth-order valence-corrected chi connectivity index (χ4v) is 14.3. The molecule has 2 heterocycles. The number of piperidine rings is 1. The summed E-state index contributed by atoms with van der Waals surface area (Å²) in [6.07, 6.45) is 4.69. The molecule has 0 bridgehead atoms. The van der Waals surface area contributed by atoms with Crippen molar-refractivity contribution in [2.75, 3.05) is 81.5 Å². The Morgan fingerprint density at radius 3 is 2.12 bits per heavy atom. The van der Waals surface area contributed by atoms with Gasteiger partial charge in [-0.1, -0.05) is 66.9 Å². The van der Waals surface area contributed by atoms with Crippen molar-refractivity contribution < 1.29 is 48.4 Å². The minimum Gasteiger partial charge on any atom is -0.380 e. The molecular weight excluding hydrogens is 1050 g/mol. The van der Waals surface area contributed by atoms with Crippen molar-refractivity contribution in [2.45, 2.75) is 92.5 Å². The van der Waals surface area contributed by atoms with E-state index in [-0.39, 0.29) is 24.2 Å². The van der Waals surface area contributed by atoms with Crippen molar-refractivity contribution >= 4 is 73.7 Å². The summed E-state index contributed by atoms with van der Waals surface area (Å²) in [6.45, 7) is 14.2. The number of likely N-dealkylation sites (tertiary alicyclic amines) is 1. The van der Waals surface area contributed by atoms with Crippen LogP contribution in [-0.2, 0) is 33.5 Å². The largest absolute Gasteiger partial charge is 0.501 e. The van der Waals surface area contributed by atoms with Gasteiger partial charge in [0, 0.05) is 91.1 Å². The average molecular weight is 1120 g/mol. The minimum absolute atomic E-state index is 0.0188. The zero-order chi connectivity index (χ0) is 53.3. The first-order valence-corrected chi connectivity index (χ1v) is 30.8. The monoisotopic (exact) mass is 1120 g/mol. The van der Waals surface area contributed by atoms with Crippen molar-refractivity contribution in [3.63, 3.8) is 0 Å². The fourth-order valence-electron chi connectivity index (χ4n) is 9.55. The van der Waals surface area contributed by atoms with Gasteiger partial charge in [0.15, 0.2) is 0 Å². The molecule has 2 aliphatic heterocycles. The lowest BCUT2D eigenvalue weighted by atomic mass is 9.73. The highest BCUT2D eigenvalue weighted by Gasteiger charge is 2.48. The highest BCUT2D eigenvalue weighted by atomic mass is 35.5. The van der Waals surface area contributed by atoms with Crippen LogP contribution in [0, 0.1) is 5.41 Å². The molecule has 1 amide bonds. The van der Waals surface area contributed by atoms with Crippen LogP contribution in [0.2, 0.25) is 5.02 Å². The number of hydrogen-bond acceptors (Lipinski definition) is 13. The summed E-state index contributed by atoms with van der Waals surface area (Å²) in [5.74, 6) is 0.862. The van der Waals surface area contributed by atoms with Crippen molar-refractivity contribution in [3.05, 3.63) is 130 Å². The number of sulfone groups is 1. The van der Waals surface area contributed by atoms with Crippen LogP contribution in [0.4, 0.5) is 24.5 Å². The molecule has 7 rings (SSSR count). The molecule has 21 heteroatoms. The number of benzene rings is 4. The summed E-state index contributed by atoms with van der Waals surface area (Å²) in [5, 5.41) is 3.72. The number of carbonyl (C=O) groups excluding carboxylic acids is 1. The van der Waals surface area contributed by atoms with Crippen LogP contribution in [-0.4, -0.2) is 115 Å². The van der Waals surface area contributed by atoms with Crippen LogP contribution in [0.25, 0.3) is 5.57 Å². The third-order valence-corrected chi connectivity index (χ3v) is 19.7. The number of anilines is 2. The predicted octanol–water partition coefficient (Wildman–Crippen LogP) is 11.7. The summed E-state index contributed by atoms with van der Waals surface area (Å²) < 4.78 is 123. The quantitative estimate of drug-likeness (QED) is 0.0601. The first kappa shape index (κ1) is 57.5. The van der Waals surface area contributed by atoms with E-state index in [4.69, 9.17) is 20.6 Å². The number of carbonyl (C=O) groups is 1. The van der Waals surface area contributed by atoms with E-state index in [9.17, 15) is 39.4 Å². The molecule has 0 saturated carbocycles. The van der Waals surface area contributed by atoms with Gasteiger partial charge in [0.05, 0.1) is 23.8 Å². The zero-order valence-corrected chi connectivity index (χ0v) is 46.3. The number of halogens is 4. The third-order valence-electron chi connectivity index (χ3n) is 13.5. The average Bonchev–Trinajstić information content (AvgIpc) is 3.35. The van der Waals surface area contributed by atoms with Gasteiger partial charge in [-0.15, -0.1) is 11.8 Å². The van der Waals surface area contributed by atoms with E-state index < -0.39 is 60.4 Å². The van der Waals surface area contributed by atoms with Gasteiger partial charge in [-0.3, -0.25) is 14.3 Å². The van der Waals surface area contributed by atoms with E-state index in [0.29, 0.717) is 55.7 Å². The Morgan fingerprint density at radius 2 is 1.50 bits per heavy atom. The molecule has 0 spiro atoms. The van der Waals surface area contributed by atoms with Crippen molar-refractivity contribution in [3.8, 4) is 0 Å². The summed E-state index contributed by atoms with van der Waals surface area (Å²) in [7, 11) is -14.4. The topological polar surface area (TPSA) is 155 Å². The Balaban J connectivity index is 1.02. The highest BCUT2D eigenvalue weighted by molar-refractivity contribution is 7.99. The number of amides is 1. The summed E-state index contributed by atoms with van der Waals surface area (Å²) in [4.78, 5) is 19.0. The lowest BCUT2D eigenvalue weighted by Crippen LogP contribution is -2.47. The van der Waals surface area contributed by atoms with Gasteiger partial charge >= 0.3 is 13.1 Å². The van der Waals surface area contributed by atoms with Gasteiger partial charge in [-0.25, -0.2) is 21.6 Å². The second-order valence-corrected chi connectivity index (χ2v) is 26.5. The molecule has 0 radical (unpaired) electrons. The van der Waals surface area contributed by atoms with Gasteiger partial charge in [0.25, 0.3) is 25.8 Å². The Morgan fingerprint density at radius 1 is 0.851 bits per heavy atom. The van der Waals surface area contributed by atoms with Gasteiger partial charge in [-0.05, 0) is 136 Å². The smallest absolute Gasteiger partial charge is 0.380 e. The molecule has 2 fully saturated rings. The summed E-state index contributed by atoms with van der Waals surface area (Å²) >= 11 is 7.62. The maximum Gasteiger partial charge on any atom is 0.501 e. The molecular formula is C53H66ClF3N5O8PS3. The molecule has 4 aromatic carbocycles. The predicted molar refractivity (Wildman–Crippen MR) is 289 cm³/mol. The van der Waals surface area contributed by atoms with Crippen molar-refractivity contribution in [1.82, 2.24) is 14.5 Å². The van der Waals surface area contributed by atoms with Crippen LogP contribution in [0.15, 0.2) is 129 Å².